The number of amides is 1. The number of anilines is 2. The zero-order valence-electron chi connectivity index (χ0n) is 39.0. The number of H-pyrrole nitrogens is 1. The summed E-state index contributed by atoms with van der Waals surface area (Å²) in [5.41, 5.74) is 2.52. The number of hydrogen-bond acceptors (Lipinski definition) is 15. The highest BCUT2D eigenvalue weighted by molar-refractivity contribution is 7.92. The number of aliphatic hydroxyl groups is 1. The summed E-state index contributed by atoms with van der Waals surface area (Å²) in [6.07, 6.45) is 9.68. The van der Waals surface area contributed by atoms with E-state index in [9.17, 15) is 32.6 Å². The normalized spacial score (nSPS) is 26.2. The van der Waals surface area contributed by atoms with Crippen LogP contribution in [0.2, 0.25) is 0 Å². The van der Waals surface area contributed by atoms with E-state index in [1.165, 1.54) is 23.4 Å². The number of nitrogens with one attached hydrogen (secondary N) is 4. The van der Waals surface area contributed by atoms with E-state index in [1.54, 1.807) is 31.3 Å². The summed E-state index contributed by atoms with van der Waals surface area (Å²) in [5, 5.41) is 26.0. The third-order valence-electron chi connectivity index (χ3n) is 15.3. The summed E-state index contributed by atoms with van der Waals surface area (Å²) in [6.45, 7) is 8.36. The van der Waals surface area contributed by atoms with Crippen LogP contribution in [0.1, 0.15) is 106 Å². The van der Waals surface area contributed by atoms with Gasteiger partial charge < -0.3 is 29.8 Å². The maximum absolute atomic E-state index is 14.1. The van der Waals surface area contributed by atoms with Gasteiger partial charge in [0.25, 0.3) is 15.9 Å². The quantitative estimate of drug-likeness (QED) is 0.0625. The zero-order valence-corrected chi connectivity index (χ0v) is 40.6. The molecule has 10 rings (SSSR count). The second-order valence-corrected chi connectivity index (χ2v) is 24.4. The Morgan fingerprint density at radius 3 is 2.57 bits per heavy atom. The Morgan fingerprint density at radius 2 is 1.83 bits per heavy atom. The first kappa shape index (κ1) is 46.9. The summed E-state index contributed by atoms with van der Waals surface area (Å²) in [7, 11) is -7.47. The molecule has 3 aromatic heterocycles. The summed E-state index contributed by atoms with van der Waals surface area (Å²) in [5.74, 6) is 0.213. The first-order valence-electron chi connectivity index (χ1n) is 23.8. The molecule has 2 saturated carbocycles. The topological polar surface area (TPSA) is 246 Å². The number of pyridine rings is 2. The zero-order chi connectivity index (χ0) is 48.5. The lowest BCUT2D eigenvalue weighted by molar-refractivity contribution is -0.384. The van der Waals surface area contributed by atoms with Crippen LogP contribution in [-0.4, -0.2) is 104 Å². The first-order chi connectivity index (χ1) is 32.8. The number of sulfonamides is 1. The lowest BCUT2D eigenvalue weighted by Gasteiger charge is -2.57. The summed E-state index contributed by atoms with van der Waals surface area (Å²) in [6, 6.07) is 17.8. The van der Waals surface area contributed by atoms with Gasteiger partial charge in [0.1, 0.15) is 23.8 Å². The Labute approximate surface area is 401 Å². The van der Waals surface area contributed by atoms with Crippen LogP contribution in [0, 0.1) is 26.2 Å². The highest BCUT2D eigenvalue weighted by Crippen LogP contribution is 2.54. The highest BCUT2D eigenvalue weighted by Gasteiger charge is 2.50. The Bertz CT molecular complexity index is 3030. The van der Waals surface area contributed by atoms with E-state index in [-0.39, 0.29) is 52.9 Å². The molecular formula is C49H59N9O9S2. The lowest BCUT2D eigenvalue weighted by Crippen LogP contribution is -2.58. The fourth-order valence-electron chi connectivity index (χ4n) is 11.3. The van der Waals surface area contributed by atoms with Gasteiger partial charge in [0.05, 0.1) is 40.1 Å². The molecule has 1 unspecified atom stereocenters. The van der Waals surface area contributed by atoms with Crippen molar-refractivity contribution in [1.29, 1.82) is 4.78 Å². The average Bonchev–Trinajstić information content (AvgIpc) is 3.78. The summed E-state index contributed by atoms with van der Waals surface area (Å²) >= 11 is 0. The van der Waals surface area contributed by atoms with Crippen LogP contribution in [0.15, 0.2) is 78.1 Å². The third-order valence-corrected chi connectivity index (χ3v) is 18.2. The molecule has 3 atom stereocenters. The van der Waals surface area contributed by atoms with Crippen molar-refractivity contribution < 1.29 is 36.9 Å². The van der Waals surface area contributed by atoms with Crippen LogP contribution in [-0.2, 0) is 19.8 Å². The molecule has 6 heterocycles. The number of aromatic amines is 1. The Hall–Kier alpha value is -5.83. The minimum atomic E-state index is -4.80. The number of rotatable bonds is 11. The number of ether oxygens (including phenoxy) is 2. The molecule has 2 saturated heterocycles. The maximum Gasteiger partial charge on any atom is 0.300 e. The molecule has 2 aliphatic carbocycles. The molecule has 69 heavy (non-hydrogen) atoms. The van der Waals surface area contributed by atoms with E-state index in [1.807, 2.05) is 12.1 Å². The van der Waals surface area contributed by atoms with Gasteiger partial charge in [-0.25, -0.2) is 13.9 Å². The van der Waals surface area contributed by atoms with Gasteiger partial charge in [-0.3, -0.25) is 24.6 Å². The smallest absolute Gasteiger partial charge is 0.300 e. The Kier molecular flexibility index (Phi) is 12.1. The second kappa shape index (κ2) is 17.8. The van der Waals surface area contributed by atoms with Crippen molar-refractivity contribution in [2.24, 2.45) is 11.3 Å². The minimum Gasteiger partial charge on any atom is -0.474 e. The second-order valence-electron chi connectivity index (χ2n) is 20.4. The molecule has 5 aliphatic rings. The van der Waals surface area contributed by atoms with Crippen molar-refractivity contribution in [2.75, 3.05) is 48.0 Å². The number of fused-ring (bicyclic) bond motifs is 2. The number of piperidine rings is 1. The minimum absolute atomic E-state index is 0.0418. The van der Waals surface area contributed by atoms with Gasteiger partial charge in [-0.2, -0.15) is 13.4 Å². The van der Waals surface area contributed by atoms with Crippen LogP contribution in [0.25, 0.3) is 11.0 Å². The fourth-order valence-corrected chi connectivity index (χ4v) is 13.8. The molecule has 20 heteroatoms. The molecule has 1 spiro atoms. The average molecular weight is 982 g/mol. The molecular weight excluding hydrogens is 923 g/mol. The first-order valence-corrected chi connectivity index (χ1v) is 27.2. The summed E-state index contributed by atoms with van der Waals surface area (Å²) in [4.78, 5) is 42.2. The molecule has 5 N–H and O–H groups in total. The van der Waals surface area contributed by atoms with Crippen molar-refractivity contribution in [1.82, 2.24) is 24.6 Å². The fraction of sp³-hybridized carbons (Fsp3) is 0.490. The molecule has 3 aliphatic heterocycles. The lowest BCUT2D eigenvalue weighted by atomic mass is 9.59. The van der Waals surface area contributed by atoms with Gasteiger partial charge in [-0.15, -0.1) is 0 Å². The number of hydrogen-bond donors (Lipinski definition) is 5. The van der Waals surface area contributed by atoms with Crippen molar-refractivity contribution in [3.8, 4) is 17.4 Å². The molecule has 4 fully saturated rings. The van der Waals surface area contributed by atoms with Crippen LogP contribution in [0.4, 0.5) is 17.1 Å². The van der Waals surface area contributed by atoms with E-state index in [4.69, 9.17) is 14.3 Å². The Morgan fingerprint density at radius 1 is 1.07 bits per heavy atom. The predicted octanol–water partition coefficient (Wildman–Crippen LogP) is 7.87. The number of aromatic nitrogens is 3. The van der Waals surface area contributed by atoms with Crippen LogP contribution in [0.3, 0.4) is 0 Å². The van der Waals surface area contributed by atoms with Gasteiger partial charge in [-0.1, -0.05) is 38.1 Å². The van der Waals surface area contributed by atoms with Gasteiger partial charge in [0, 0.05) is 70.5 Å². The van der Waals surface area contributed by atoms with Crippen molar-refractivity contribution in [2.45, 2.75) is 107 Å². The molecule has 0 bridgehead atoms. The molecule has 0 radical (unpaired) electrons. The number of carbonyl (C=O) groups excluding carboxylic acids is 1. The van der Waals surface area contributed by atoms with Crippen molar-refractivity contribution in [3.05, 3.63) is 99.9 Å². The van der Waals surface area contributed by atoms with Gasteiger partial charge in [0.15, 0.2) is 10.7 Å². The van der Waals surface area contributed by atoms with Gasteiger partial charge in [-0.05, 0) is 111 Å². The van der Waals surface area contributed by atoms with Crippen molar-refractivity contribution >= 4 is 53.8 Å². The number of benzene rings is 2. The van der Waals surface area contributed by atoms with Crippen molar-refractivity contribution in [3.63, 3.8) is 0 Å². The maximum atomic E-state index is 14.1. The predicted molar refractivity (Wildman–Crippen MR) is 261 cm³/mol. The van der Waals surface area contributed by atoms with Crippen LogP contribution in [0.5, 0.6) is 17.4 Å². The number of carbonyl (C=O) groups is 1. The van der Waals surface area contributed by atoms with Gasteiger partial charge >= 0.3 is 5.69 Å². The van der Waals surface area contributed by atoms with E-state index < -0.39 is 46.9 Å². The molecule has 2 aromatic carbocycles. The molecule has 1 amide bonds. The number of nitro groups is 1. The molecule has 5 aromatic rings. The SMILES string of the molecule is CC(C)c1ccccc1[C@H]1CS(=N)(=O)CCN1C1CC2(CCN(c3ccc(C(=O)NS(=O)(=O)c4cc([N+](=O)[O-])c5c(n4)OC[C@H]([C@H]4CC[C@](C)(O)CC4)N5)c(Oc4cnc5[nH]ccc5c4)c3)CC2)C1. The van der Waals surface area contributed by atoms with E-state index >= 15 is 0 Å². The third kappa shape index (κ3) is 9.47. The van der Waals surface area contributed by atoms with E-state index in [0.29, 0.717) is 67.1 Å². The number of nitrogens with zero attached hydrogens (tertiary/aromatic N) is 5. The molecule has 366 valence electrons. The largest absolute Gasteiger partial charge is 0.474 e. The monoisotopic (exact) mass is 981 g/mol. The highest BCUT2D eigenvalue weighted by atomic mass is 32.2. The van der Waals surface area contributed by atoms with Gasteiger partial charge in [0.2, 0.25) is 5.88 Å². The Balaban J connectivity index is 0.860. The molecule has 18 nitrogen and oxygen atoms in total. The van der Waals surface area contributed by atoms with Crippen LogP contribution < -0.4 is 24.4 Å². The van der Waals surface area contributed by atoms with E-state index in [2.05, 4.69) is 66.8 Å². The standard InChI is InChI=1S/C49H59N9O9S2/c1-30(2)36-6-4-5-7-37(36)41-29-68(50,63)21-20-57(41)34-25-49(26-34)15-18-56(19-16-49)33-8-9-38(42(23-33)67-35-22-32-12-17-51-45(32)52-27-35)46(59)55-69(64,65)43-24-40(58(61)62)44-47(54-43)66-28-39(53-44)31-10-13-48(3,60)14-11-31/h4-9,12,17,22-24,27,30-31,34,39,41,50,53,60H,10-11,13-16,18-21,25-26,28-29H2,1-3H3,(H,51,52)(H,55,59)/t31-,39-,41-,48-,68?/m1/s1. The summed E-state index contributed by atoms with van der Waals surface area (Å²) < 4.78 is 63.9. The van der Waals surface area contributed by atoms with E-state index in [0.717, 1.165) is 55.9 Å². The van der Waals surface area contributed by atoms with Crippen LogP contribution >= 0.6 is 0 Å².